The summed E-state index contributed by atoms with van der Waals surface area (Å²) in [6.45, 7) is 5.94. The molecule has 1 aliphatic heterocycles. The standard InChI is InChI=1S/C8H10O3S2/c1-5(2)7(9)10-3-6-4-11-8(12)13-6/h6H,1,3-4H2,2H3. The minimum atomic E-state index is -0.363. The van der Waals surface area contributed by atoms with E-state index in [0.29, 0.717) is 23.2 Å². The monoisotopic (exact) mass is 218 g/mol. The Bertz CT molecular complexity index is 250. The Morgan fingerprint density at radius 3 is 3.08 bits per heavy atom. The van der Waals surface area contributed by atoms with Crippen LogP contribution in [0.4, 0.5) is 0 Å². The van der Waals surface area contributed by atoms with Gasteiger partial charge in [-0.15, -0.1) is 0 Å². The summed E-state index contributed by atoms with van der Waals surface area (Å²) < 4.78 is 10.5. The highest BCUT2D eigenvalue weighted by Gasteiger charge is 2.23. The Hall–Kier alpha value is -0.550. The fraction of sp³-hybridized carbons (Fsp3) is 0.500. The summed E-state index contributed by atoms with van der Waals surface area (Å²) in [4.78, 5) is 11.0. The third-order valence-electron chi connectivity index (χ3n) is 1.40. The normalized spacial score (nSPS) is 21.0. The van der Waals surface area contributed by atoms with Crippen LogP contribution in [0.15, 0.2) is 12.2 Å². The summed E-state index contributed by atoms with van der Waals surface area (Å²) in [7, 11) is 0. The highest BCUT2D eigenvalue weighted by Crippen LogP contribution is 2.22. The molecule has 0 N–H and O–H groups in total. The first-order valence-corrected chi connectivity index (χ1v) is 5.04. The van der Waals surface area contributed by atoms with Crippen LogP contribution in [-0.4, -0.2) is 28.8 Å². The molecule has 0 aromatic heterocycles. The van der Waals surface area contributed by atoms with E-state index in [1.807, 2.05) is 0 Å². The zero-order valence-corrected chi connectivity index (χ0v) is 8.87. The Morgan fingerprint density at radius 1 is 1.92 bits per heavy atom. The van der Waals surface area contributed by atoms with E-state index < -0.39 is 0 Å². The summed E-state index contributed by atoms with van der Waals surface area (Å²) in [5.74, 6) is -0.363. The molecule has 0 amide bonds. The molecule has 1 aliphatic rings. The van der Waals surface area contributed by atoms with Crippen LogP contribution in [0.2, 0.25) is 0 Å². The van der Waals surface area contributed by atoms with Gasteiger partial charge in [-0.3, -0.25) is 0 Å². The van der Waals surface area contributed by atoms with Crippen molar-refractivity contribution in [1.29, 1.82) is 0 Å². The second-order valence-corrected chi connectivity index (χ2v) is 4.58. The molecule has 0 bridgehead atoms. The summed E-state index contributed by atoms with van der Waals surface area (Å²) >= 11 is 6.23. The molecule has 0 radical (unpaired) electrons. The number of hydrogen-bond donors (Lipinski definition) is 0. The van der Waals surface area contributed by atoms with Gasteiger partial charge in [0.05, 0.1) is 5.25 Å². The number of hydrogen-bond acceptors (Lipinski definition) is 5. The maximum absolute atomic E-state index is 11.0. The van der Waals surface area contributed by atoms with Crippen molar-refractivity contribution in [3.05, 3.63) is 12.2 Å². The number of carbonyl (C=O) groups is 1. The lowest BCUT2D eigenvalue weighted by atomic mass is 10.4. The van der Waals surface area contributed by atoms with Gasteiger partial charge in [0.1, 0.15) is 13.2 Å². The molecule has 5 heteroatoms. The highest BCUT2D eigenvalue weighted by atomic mass is 32.2. The van der Waals surface area contributed by atoms with Crippen LogP contribution in [0.3, 0.4) is 0 Å². The van der Waals surface area contributed by atoms with E-state index in [2.05, 4.69) is 6.58 Å². The van der Waals surface area contributed by atoms with Gasteiger partial charge in [-0.05, 0) is 19.1 Å². The van der Waals surface area contributed by atoms with Crippen molar-refractivity contribution in [3.63, 3.8) is 0 Å². The van der Waals surface area contributed by atoms with E-state index in [4.69, 9.17) is 21.7 Å². The lowest BCUT2D eigenvalue weighted by Crippen LogP contribution is -2.16. The van der Waals surface area contributed by atoms with Crippen LogP contribution in [0.1, 0.15) is 6.92 Å². The molecule has 72 valence electrons. The molecule has 0 saturated carbocycles. The summed E-state index contributed by atoms with van der Waals surface area (Å²) in [6, 6.07) is 0. The van der Waals surface area contributed by atoms with Crippen molar-refractivity contribution < 1.29 is 14.3 Å². The molecular weight excluding hydrogens is 208 g/mol. The van der Waals surface area contributed by atoms with Crippen LogP contribution < -0.4 is 0 Å². The molecule has 1 saturated heterocycles. The lowest BCUT2D eigenvalue weighted by molar-refractivity contribution is -0.138. The molecule has 1 rings (SSSR count). The minimum absolute atomic E-state index is 0.135. The van der Waals surface area contributed by atoms with E-state index in [-0.39, 0.29) is 11.2 Å². The highest BCUT2D eigenvalue weighted by molar-refractivity contribution is 8.23. The first-order valence-electron chi connectivity index (χ1n) is 3.75. The second kappa shape index (κ2) is 4.62. The second-order valence-electron chi connectivity index (χ2n) is 2.68. The van der Waals surface area contributed by atoms with E-state index in [0.717, 1.165) is 0 Å². The van der Waals surface area contributed by atoms with Gasteiger partial charge < -0.3 is 9.47 Å². The van der Waals surface area contributed by atoms with Gasteiger partial charge in [0.15, 0.2) is 0 Å². The number of thiocarbonyl (C=S) groups is 1. The van der Waals surface area contributed by atoms with E-state index in [1.54, 1.807) is 6.92 Å². The lowest BCUT2D eigenvalue weighted by Gasteiger charge is -2.06. The third-order valence-corrected chi connectivity index (χ3v) is 2.72. The molecule has 1 fully saturated rings. The first kappa shape index (κ1) is 10.5. The summed E-state index contributed by atoms with van der Waals surface area (Å²) in [6.07, 6.45) is 0. The number of thioether (sulfide) groups is 1. The maximum atomic E-state index is 11.0. The molecular formula is C8H10O3S2. The Labute approximate surface area is 86.5 Å². The molecule has 13 heavy (non-hydrogen) atoms. The smallest absolute Gasteiger partial charge is 0.333 e. The van der Waals surface area contributed by atoms with Crippen LogP contribution in [-0.2, 0) is 14.3 Å². The van der Waals surface area contributed by atoms with Crippen molar-refractivity contribution in [2.45, 2.75) is 12.2 Å². The molecule has 1 atom stereocenters. The van der Waals surface area contributed by atoms with Gasteiger partial charge in [0, 0.05) is 5.57 Å². The zero-order valence-electron chi connectivity index (χ0n) is 7.24. The molecule has 3 nitrogen and oxygen atoms in total. The van der Waals surface area contributed by atoms with E-state index in [1.165, 1.54) is 11.8 Å². The predicted molar refractivity (Wildman–Crippen MR) is 55.7 cm³/mol. The Morgan fingerprint density at radius 2 is 2.62 bits per heavy atom. The average molecular weight is 218 g/mol. The largest absolute Gasteiger partial charge is 0.477 e. The van der Waals surface area contributed by atoms with Gasteiger partial charge in [0.2, 0.25) is 4.38 Å². The van der Waals surface area contributed by atoms with E-state index >= 15 is 0 Å². The van der Waals surface area contributed by atoms with Crippen LogP contribution in [0, 0.1) is 0 Å². The van der Waals surface area contributed by atoms with Gasteiger partial charge in [-0.1, -0.05) is 18.3 Å². The number of ether oxygens (including phenoxy) is 2. The average Bonchev–Trinajstić information content (AvgIpc) is 2.47. The Balaban J connectivity index is 2.23. The molecule has 0 aliphatic carbocycles. The topological polar surface area (TPSA) is 35.5 Å². The van der Waals surface area contributed by atoms with Crippen LogP contribution in [0.25, 0.3) is 0 Å². The van der Waals surface area contributed by atoms with E-state index in [9.17, 15) is 4.79 Å². The summed E-state index contributed by atoms with van der Waals surface area (Å²) in [5, 5.41) is 0.135. The molecule has 0 aromatic carbocycles. The maximum Gasteiger partial charge on any atom is 0.333 e. The molecule has 1 heterocycles. The number of rotatable bonds is 3. The predicted octanol–water partition coefficient (Wildman–Crippen LogP) is 1.52. The van der Waals surface area contributed by atoms with Crippen LogP contribution in [0.5, 0.6) is 0 Å². The molecule has 1 unspecified atom stereocenters. The SMILES string of the molecule is C=C(C)C(=O)OCC1COC(=S)S1. The van der Waals surface area contributed by atoms with Crippen molar-refractivity contribution >= 4 is 34.3 Å². The third kappa shape index (κ3) is 3.36. The van der Waals surface area contributed by atoms with Gasteiger partial charge >= 0.3 is 5.97 Å². The summed E-state index contributed by atoms with van der Waals surface area (Å²) in [5.41, 5.74) is 0.409. The van der Waals surface area contributed by atoms with Gasteiger partial charge in [0.25, 0.3) is 0 Å². The number of esters is 1. The fourth-order valence-corrected chi connectivity index (χ4v) is 1.90. The van der Waals surface area contributed by atoms with Crippen molar-refractivity contribution in [3.8, 4) is 0 Å². The van der Waals surface area contributed by atoms with Crippen molar-refractivity contribution in [1.82, 2.24) is 0 Å². The zero-order chi connectivity index (χ0) is 9.84. The molecule has 0 spiro atoms. The van der Waals surface area contributed by atoms with Crippen molar-refractivity contribution in [2.75, 3.05) is 13.2 Å². The van der Waals surface area contributed by atoms with Crippen LogP contribution >= 0.6 is 24.0 Å². The minimum Gasteiger partial charge on any atom is -0.477 e. The number of carbonyl (C=O) groups excluding carboxylic acids is 1. The fourth-order valence-electron chi connectivity index (χ4n) is 0.739. The molecule has 0 aromatic rings. The quantitative estimate of drug-likeness (QED) is 0.408. The Kier molecular flexibility index (Phi) is 3.74. The van der Waals surface area contributed by atoms with Gasteiger partial charge in [-0.25, -0.2) is 4.79 Å². The van der Waals surface area contributed by atoms with Gasteiger partial charge in [-0.2, -0.15) is 0 Å². The van der Waals surface area contributed by atoms with Crippen molar-refractivity contribution in [2.24, 2.45) is 0 Å². The first-order chi connectivity index (χ1) is 6.09.